The minimum Gasteiger partial charge on any atom is -0.508 e. The molecule has 0 bridgehead atoms. The molecule has 0 aliphatic carbocycles. The van der Waals surface area contributed by atoms with Crippen molar-refractivity contribution in [1.29, 1.82) is 0 Å². The largest absolute Gasteiger partial charge is 0.508 e. The average molecular weight is 512 g/mol. The van der Waals surface area contributed by atoms with Crippen LogP contribution in [0.5, 0.6) is 5.75 Å². The Morgan fingerprint density at radius 2 is 1.39 bits per heavy atom. The van der Waals surface area contributed by atoms with E-state index in [1.165, 1.54) is 12.1 Å². The highest BCUT2D eigenvalue weighted by molar-refractivity contribution is 6.30. The number of phenols is 1. The molecule has 0 fully saturated rings. The molecule has 2 rings (SSSR count). The van der Waals surface area contributed by atoms with Gasteiger partial charge in [-0.05, 0) is 37.0 Å². The zero-order chi connectivity index (χ0) is 28.6. The molecule has 0 radical (unpaired) electrons. The maximum Gasteiger partial charge on any atom is 0.320 e. The summed E-state index contributed by atoms with van der Waals surface area (Å²) in [7, 11) is 0. The number of carboxylic acid groups (broad SMARTS) is 2. The molecule has 12 N–H and O–H groups in total. The van der Waals surface area contributed by atoms with Crippen LogP contribution in [0.2, 0.25) is 0 Å². The van der Waals surface area contributed by atoms with Crippen LogP contribution >= 0.6 is 0 Å². The van der Waals surface area contributed by atoms with Gasteiger partial charge in [-0.3, -0.25) is 29.3 Å². The highest BCUT2D eigenvalue weighted by Crippen LogP contribution is 2.10. The van der Waals surface area contributed by atoms with Crippen LogP contribution in [0, 0.1) is 5.92 Å². The Kier molecular flexibility index (Phi) is 17.0. The van der Waals surface area contributed by atoms with Gasteiger partial charge in [0.25, 0.3) is 11.8 Å². The highest BCUT2D eigenvalue weighted by Gasteiger charge is 2.25. The van der Waals surface area contributed by atoms with Crippen molar-refractivity contribution >= 4 is 29.5 Å². The Bertz CT molecular complexity index is 911. The van der Waals surface area contributed by atoms with Crippen LogP contribution in [-0.2, 0) is 30.4 Å². The number of aliphatic carboxylic acids is 2. The summed E-state index contributed by atoms with van der Waals surface area (Å²) in [5.41, 5.74) is 21.0. The topological polar surface area (TPSA) is 262 Å². The normalized spacial score (nSPS) is 13.6. The van der Waals surface area contributed by atoms with Gasteiger partial charge >= 0.3 is 11.9 Å². The van der Waals surface area contributed by atoms with Gasteiger partial charge < -0.3 is 38.3 Å². The third-order valence-corrected chi connectivity index (χ3v) is 4.09. The number of ketones is 1. The van der Waals surface area contributed by atoms with Crippen molar-refractivity contribution in [3.8, 4) is 5.75 Å². The van der Waals surface area contributed by atoms with Gasteiger partial charge in [-0.25, -0.2) is 0 Å². The number of benzene rings is 1. The van der Waals surface area contributed by atoms with Gasteiger partial charge in [0.05, 0.1) is 5.57 Å². The number of carbonyl (C=O) groups excluding carboxylic acids is 3. The number of rotatable bonds is 7. The van der Waals surface area contributed by atoms with E-state index >= 15 is 0 Å². The lowest BCUT2D eigenvalue weighted by Crippen LogP contribution is -2.34. The van der Waals surface area contributed by atoms with Crippen LogP contribution in [0.1, 0.15) is 39.7 Å². The van der Waals surface area contributed by atoms with Crippen LogP contribution < -0.4 is 28.3 Å². The third kappa shape index (κ3) is 16.1. The van der Waals surface area contributed by atoms with Crippen molar-refractivity contribution in [2.24, 2.45) is 28.9 Å². The SMILES string of the molecule is CC(C)[C@H](N)C(=O)O.CC(N)N.CCC(=O)C1=CC(=O)NC1=O.N[C@@H](Cc1ccc(O)cc1)C(=O)O. The smallest absolute Gasteiger partial charge is 0.320 e. The fraction of sp³-hybridized carbons (Fsp3) is 0.435. The Balaban J connectivity index is 0. The lowest BCUT2D eigenvalue weighted by atomic mass is 10.1. The predicted octanol–water partition coefficient (Wildman–Crippen LogP) is -0.801. The maximum absolute atomic E-state index is 10.9. The summed E-state index contributed by atoms with van der Waals surface area (Å²) >= 11 is 0. The van der Waals surface area contributed by atoms with Gasteiger partial charge in [0.2, 0.25) is 0 Å². The van der Waals surface area contributed by atoms with Crippen molar-refractivity contribution in [2.75, 3.05) is 0 Å². The first-order chi connectivity index (χ1) is 16.5. The number of nitrogens with one attached hydrogen (secondary N) is 1. The molecule has 0 saturated carbocycles. The molecule has 1 aromatic carbocycles. The summed E-state index contributed by atoms with van der Waals surface area (Å²) in [5, 5.41) is 27.7. The number of phenolic OH excluding ortho intramolecular Hbond substituents is 1. The Hall–Kier alpha value is -3.65. The molecule has 1 aliphatic heterocycles. The summed E-state index contributed by atoms with van der Waals surface area (Å²) in [4.78, 5) is 52.6. The highest BCUT2D eigenvalue weighted by atomic mass is 16.4. The van der Waals surface area contributed by atoms with E-state index in [4.69, 9.17) is 38.3 Å². The van der Waals surface area contributed by atoms with E-state index in [1.807, 2.05) is 5.32 Å². The summed E-state index contributed by atoms with van der Waals surface area (Å²) in [6.07, 6.45) is 1.39. The number of carbonyl (C=O) groups is 5. The number of amides is 2. The minimum atomic E-state index is -1.02. The molecule has 0 unspecified atom stereocenters. The van der Waals surface area contributed by atoms with Crippen LogP contribution in [0.3, 0.4) is 0 Å². The standard InChI is InChI=1S/C9H11NO3.C7H7NO3.C5H11NO2.C2H8N2/c10-8(9(12)13)5-6-1-3-7(11)4-2-6;1-2-5(9)4-3-6(10)8-7(4)11;1-3(2)4(6)5(7)8;1-2(3)4/h1-4,8,11H,5,10H2,(H,12,13);3H,2H2,1H3,(H,8,10,11);3-4H,6H2,1-2H3,(H,7,8);2H,3-4H2,1H3/t8-;;4-;/m0.0./s1. The monoisotopic (exact) mass is 511 g/mol. The zero-order valence-corrected chi connectivity index (χ0v) is 20.8. The van der Waals surface area contributed by atoms with Crippen LogP contribution in [0.4, 0.5) is 0 Å². The number of imide groups is 1. The first-order valence-electron chi connectivity index (χ1n) is 10.9. The molecular formula is C23H37N5O8. The predicted molar refractivity (Wildman–Crippen MR) is 132 cm³/mol. The lowest BCUT2D eigenvalue weighted by Gasteiger charge is -2.07. The second-order valence-electron chi connectivity index (χ2n) is 7.94. The van der Waals surface area contributed by atoms with Crippen molar-refractivity contribution < 1.29 is 39.3 Å². The molecule has 13 nitrogen and oxygen atoms in total. The van der Waals surface area contributed by atoms with E-state index < -0.39 is 35.8 Å². The van der Waals surface area contributed by atoms with E-state index in [2.05, 4.69) is 0 Å². The molecule has 1 heterocycles. The number of Topliss-reactive ketones (excluding diaryl/α,β-unsaturated/α-hetero) is 1. The minimum absolute atomic E-state index is 0.0208. The summed E-state index contributed by atoms with van der Waals surface area (Å²) in [5.74, 6) is -3.16. The molecule has 1 aliphatic rings. The zero-order valence-electron chi connectivity index (χ0n) is 20.8. The molecule has 202 valence electrons. The molecule has 36 heavy (non-hydrogen) atoms. The fourth-order valence-electron chi connectivity index (χ4n) is 2.07. The fourth-order valence-corrected chi connectivity index (χ4v) is 2.07. The Labute approximate surface area is 209 Å². The number of hydrogen-bond acceptors (Lipinski definition) is 10. The van der Waals surface area contributed by atoms with E-state index in [1.54, 1.807) is 39.8 Å². The molecule has 0 spiro atoms. The van der Waals surface area contributed by atoms with Gasteiger partial charge in [0.1, 0.15) is 17.8 Å². The quantitative estimate of drug-likeness (QED) is 0.127. The molecule has 0 saturated heterocycles. The first-order valence-corrected chi connectivity index (χ1v) is 10.9. The Morgan fingerprint density at radius 1 is 0.917 bits per heavy atom. The van der Waals surface area contributed by atoms with Gasteiger partial charge in [0.15, 0.2) is 5.78 Å². The van der Waals surface area contributed by atoms with Crippen LogP contribution in [0.15, 0.2) is 35.9 Å². The molecular weight excluding hydrogens is 474 g/mol. The maximum atomic E-state index is 10.9. The van der Waals surface area contributed by atoms with Gasteiger partial charge in [-0.15, -0.1) is 0 Å². The van der Waals surface area contributed by atoms with E-state index in [-0.39, 0.29) is 42.0 Å². The van der Waals surface area contributed by atoms with Gasteiger partial charge in [-0.2, -0.15) is 0 Å². The second-order valence-corrected chi connectivity index (χ2v) is 7.94. The van der Waals surface area contributed by atoms with Crippen molar-refractivity contribution in [1.82, 2.24) is 5.32 Å². The van der Waals surface area contributed by atoms with Crippen molar-refractivity contribution in [3.05, 3.63) is 41.5 Å². The first kappa shape index (κ1) is 34.5. The van der Waals surface area contributed by atoms with E-state index in [0.717, 1.165) is 11.6 Å². The molecule has 13 heteroatoms. The van der Waals surface area contributed by atoms with Crippen molar-refractivity contribution in [2.45, 2.75) is 58.8 Å². The Morgan fingerprint density at radius 3 is 1.67 bits per heavy atom. The molecule has 0 aromatic heterocycles. The number of hydrogen-bond donors (Lipinski definition) is 8. The molecule has 2 atom stereocenters. The van der Waals surface area contributed by atoms with Crippen molar-refractivity contribution in [3.63, 3.8) is 0 Å². The van der Waals surface area contributed by atoms with Gasteiger partial charge in [0, 0.05) is 18.7 Å². The second kappa shape index (κ2) is 17.7. The van der Waals surface area contributed by atoms with Crippen LogP contribution in [-0.4, -0.2) is 63.1 Å². The number of nitrogens with two attached hydrogens (primary N) is 4. The molecule has 2 amide bonds. The third-order valence-electron chi connectivity index (χ3n) is 4.09. The van der Waals surface area contributed by atoms with Crippen LogP contribution in [0.25, 0.3) is 0 Å². The average Bonchev–Trinajstić information content (AvgIpc) is 3.12. The summed E-state index contributed by atoms with van der Waals surface area (Å²) in [6.45, 7) is 6.91. The van der Waals surface area contributed by atoms with E-state index in [0.29, 0.717) is 0 Å². The van der Waals surface area contributed by atoms with Gasteiger partial charge in [-0.1, -0.05) is 32.9 Å². The van der Waals surface area contributed by atoms with E-state index in [9.17, 15) is 24.0 Å². The molecule has 1 aromatic rings. The summed E-state index contributed by atoms with van der Waals surface area (Å²) < 4.78 is 0. The summed E-state index contributed by atoms with van der Waals surface area (Å²) in [6, 6.07) is 4.71. The number of aromatic hydroxyl groups is 1. The lowest BCUT2D eigenvalue weighted by molar-refractivity contribution is -0.140. The number of carboxylic acids is 2.